The molecule has 2 N–H and O–H groups in total. The first-order chi connectivity index (χ1) is 9.56. The first-order valence-electron chi connectivity index (χ1n) is 6.30. The summed E-state index contributed by atoms with van der Waals surface area (Å²) >= 11 is 1.78. The minimum atomic E-state index is -0.632. The van der Waals surface area contributed by atoms with Crippen molar-refractivity contribution in [2.45, 2.75) is 19.3 Å². The number of carbonyl (C=O) groups excluding carboxylic acids is 1. The molecular formula is C13H18N2O4S. The summed E-state index contributed by atoms with van der Waals surface area (Å²) in [5.74, 6) is 0.393. The Morgan fingerprint density at radius 1 is 1.40 bits per heavy atom. The van der Waals surface area contributed by atoms with Crippen molar-refractivity contribution in [3.05, 3.63) is 33.9 Å². The van der Waals surface area contributed by atoms with Gasteiger partial charge < -0.3 is 10.4 Å². The van der Waals surface area contributed by atoms with Gasteiger partial charge in [0.15, 0.2) is 0 Å². The smallest absolute Gasteiger partial charge is 0.282 e. The van der Waals surface area contributed by atoms with Crippen molar-refractivity contribution in [2.24, 2.45) is 0 Å². The van der Waals surface area contributed by atoms with Crippen LogP contribution in [0.5, 0.6) is 5.75 Å². The third kappa shape index (κ3) is 5.08. The summed E-state index contributed by atoms with van der Waals surface area (Å²) in [7, 11) is 0. The molecule has 20 heavy (non-hydrogen) atoms. The Balaban J connectivity index is 2.54. The molecule has 110 valence electrons. The summed E-state index contributed by atoms with van der Waals surface area (Å²) in [6.45, 7) is 0.472. The molecule has 0 heterocycles. The lowest BCUT2D eigenvalue weighted by Crippen LogP contribution is -2.25. The van der Waals surface area contributed by atoms with Crippen LogP contribution in [0.15, 0.2) is 18.2 Å². The van der Waals surface area contributed by atoms with Crippen LogP contribution in [0.3, 0.4) is 0 Å². The number of nitrogens with one attached hydrogen (secondary N) is 1. The summed E-state index contributed by atoms with van der Waals surface area (Å²) in [6.07, 6.45) is 4.97. The maximum atomic E-state index is 11.9. The first kappa shape index (κ1) is 16.3. The molecule has 1 aromatic carbocycles. The number of rotatable bonds is 8. The predicted octanol–water partition coefficient (Wildman–Crippen LogP) is 2.56. The van der Waals surface area contributed by atoms with E-state index in [1.165, 1.54) is 6.07 Å². The minimum absolute atomic E-state index is 0.112. The molecule has 0 radical (unpaired) electrons. The van der Waals surface area contributed by atoms with Crippen LogP contribution in [0, 0.1) is 10.1 Å². The quantitative estimate of drug-likeness (QED) is 0.437. The van der Waals surface area contributed by atoms with Crippen LogP contribution in [-0.4, -0.2) is 34.5 Å². The highest BCUT2D eigenvalue weighted by Crippen LogP contribution is 2.23. The number of benzene rings is 1. The number of aromatic hydroxyl groups is 1. The molecule has 1 amide bonds. The van der Waals surface area contributed by atoms with Gasteiger partial charge in [-0.15, -0.1) is 0 Å². The number of phenolic OH excluding ortho intramolecular Hbond substituents is 1. The highest BCUT2D eigenvalue weighted by Gasteiger charge is 2.20. The number of carbonyl (C=O) groups is 1. The molecule has 0 fully saturated rings. The van der Waals surface area contributed by atoms with Gasteiger partial charge in [-0.1, -0.05) is 6.42 Å². The number of amides is 1. The summed E-state index contributed by atoms with van der Waals surface area (Å²) < 4.78 is 0. The monoisotopic (exact) mass is 298 g/mol. The summed E-state index contributed by atoms with van der Waals surface area (Å²) in [5, 5.41) is 22.8. The second-order valence-corrected chi connectivity index (χ2v) is 5.25. The molecule has 0 aromatic heterocycles. The first-order valence-corrected chi connectivity index (χ1v) is 7.70. The van der Waals surface area contributed by atoms with E-state index in [-0.39, 0.29) is 17.0 Å². The third-order valence-corrected chi connectivity index (χ3v) is 3.43. The van der Waals surface area contributed by atoms with Gasteiger partial charge in [0, 0.05) is 12.6 Å². The number of nitrogens with zero attached hydrogens (tertiary/aromatic N) is 1. The van der Waals surface area contributed by atoms with Crippen molar-refractivity contribution >= 4 is 23.4 Å². The molecule has 0 aliphatic rings. The fourth-order valence-electron chi connectivity index (χ4n) is 1.71. The Bertz CT molecular complexity index is 479. The number of phenols is 1. The van der Waals surface area contributed by atoms with Crippen LogP contribution in [0.1, 0.15) is 29.6 Å². The molecule has 0 saturated heterocycles. The van der Waals surface area contributed by atoms with Gasteiger partial charge in [0.2, 0.25) is 0 Å². The van der Waals surface area contributed by atoms with Gasteiger partial charge in [0.1, 0.15) is 11.3 Å². The van der Waals surface area contributed by atoms with Crippen LogP contribution >= 0.6 is 11.8 Å². The van der Waals surface area contributed by atoms with E-state index in [1.807, 2.05) is 6.26 Å². The highest BCUT2D eigenvalue weighted by molar-refractivity contribution is 7.98. The van der Waals surface area contributed by atoms with E-state index >= 15 is 0 Å². The van der Waals surface area contributed by atoms with Gasteiger partial charge in [-0.05, 0) is 37.0 Å². The molecule has 1 rings (SSSR count). The zero-order valence-corrected chi connectivity index (χ0v) is 12.1. The predicted molar refractivity (Wildman–Crippen MR) is 79.3 cm³/mol. The molecular weight excluding hydrogens is 280 g/mol. The summed E-state index contributed by atoms with van der Waals surface area (Å²) in [5.41, 5.74) is -0.415. The van der Waals surface area contributed by atoms with Crippen molar-refractivity contribution < 1.29 is 14.8 Å². The van der Waals surface area contributed by atoms with Crippen LogP contribution in [-0.2, 0) is 0 Å². The molecule has 0 atom stereocenters. The fraction of sp³-hybridized carbons (Fsp3) is 0.462. The summed E-state index contributed by atoms with van der Waals surface area (Å²) in [6, 6.07) is 3.43. The highest BCUT2D eigenvalue weighted by atomic mass is 32.2. The van der Waals surface area contributed by atoms with Crippen LogP contribution in [0.4, 0.5) is 5.69 Å². The SMILES string of the molecule is CSCCCCCNC(=O)c1cc(O)ccc1[N+](=O)[O-]. The number of unbranched alkanes of at least 4 members (excludes halogenated alkanes) is 2. The molecule has 0 spiro atoms. The molecule has 0 aliphatic carbocycles. The third-order valence-electron chi connectivity index (χ3n) is 2.73. The summed E-state index contributed by atoms with van der Waals surface area (Å²) in [4.78, 5) is 22.1. The van der Waals surface area contributed by atoms with Crippen molar-refractivity contribution in [3.63, 3.8) is 0 Å². The minimum Gasteiger partial charge on any atom is -0.508 e. The second-order valence-electron chi connectivity index (χ2n) is 4.27. The van der Waals surface area contributed by atoms with Gasteiger partial charge >= 0.3 is 0 Å². The van der Waals surface area contributed by atoms with E-state index < -0.39 is 10.8 Å². The second kappa shape index (κ2) is 8.42. The average molecular weight is 298 g/mol. The number of nitro groups is 1. The molecule has 0 bridgehead atoms. The standard InChI is InChI=1S/C13H18N2O4S/c1-20-8-4-2-3-7-14-13(17)11-9-10(16)5-6-12(11)15(18)19/h5-6,9,16H,2-4,7-8H2,1H3,(H,14,17). The number of hydrogen-bond donors (Lipinski definition) is 2. The zero-order valence-electron chi connectivity index (χ0n) is 11.3. The Hall–Kier alpha value is -1.76. The van der Waals surface area contributed by atoms with E-state index in [2.05, 4.69) is 5.32 Å². The number of thioether (sulfide) groups is 1. The van der Waals surface area contributed by atoms with Crippen LogP contribution < -0.4 is 5.32 Å². The maximum Gasteiger partial charge on any atom is 0.282 e. The van der Waals surface area contributed by atoms with Gasteiger partial charge in [-0.25, -0.2) is 0 Å². The Morgan fingerprint density at radius 2 is 2.15 bits per heavy atom. The number of hydrogen-bond acceptors (Lipinski definition) is 5. The Kier molecular flexibility index (Phi) is 6.86. The van der Waals surface area contributed by atoms with Crippen molar-refractivity contribution in [3.8, 4) is 5.75 Å². The lowest BCUT2D eigenvalue weighted by molar-refractivity contribution is -0.385. The van der Waals surface area contributed by atoms with Crippen molar-refractivity contribution in [1.29, 1.82) is 0 Å². The zero-order chi connectivity index (χ0) is 15.0. The van der Waals surface area contributed by atoms with E-state index in [4.69, 9.17) is 0 Å². The molecule has 0 saturated carbocycles. The van der Waals surface area contributed by atoms with Gasteiger partial charge in [0.25, 0.3) is 11.6 Å². The van der Waals surface area contributed by atoms with E-state index in [0.29, 0.717) is 6.54 Å². The Morgan fingerprint density at radius 3 is 2.80 bits per heavy atom. The van der Waals surface area contributed by atoms with E-state index in [9.17, 15) is 20.0 Å². The molecule has 6 nitrogen and oxygen atoms in total. The van der Waals surface area contributed by atoms with E-state index in [0.717, 1.165) is 37.1 Å². The lowest BCUT2D eigenvalue weighted by Gasteiger charge is -2.06. The van der Waals surface area contributed by atoms with Gasteiger partial charge in [0.05, 0.1) is 4.92 Å². The maximum absolute atomic E-state index is 11.9. The van der Waals surface area contributed by atoms with Gasteiger partial charge in [-0.2, -0.15) is 11.8 Å². The Labute approximate surface area is 121 Å². The molecule has 7 heteroatoms. The number of nitro benzene ring substituents is 1. The average Bonchev–Trinajstić information content (AvgIpc) is 2.42. The normalized spacial score (nSPS) is 10.2. The van der Waals surface area contributed by atoms with Gasteiger partial charge in [-0.3, -0.25) is 14.9 Å². The van der Waals surface area contributed by atoms with Crippen LogP contribution in [0.25, 0.3) is 0 Å². The van der Waals surface area contributed by atoms with Crippen molar-refractivity contribution in [1.82, 2.24) is 5.32 Å². The molecule has 0 unspecified atom stereocenters. The molecule has 0 aliphatic heterocycles. The van der Waals surface area contributed by atoms with Crippen molar-refractivity contribution in [2.75, 3.05) is 18.6 Å². The lowest BCUT2D eigenvalue weighted by atomic mass is 10.1. The van der Waals surface area contributed by atoms with Crippen LogP contribution in [0.2, 0.25) is 0 Å². The molecule has 1 aromatic rings. The topological polar surface area (TPSA) is 92.5 Å². The largest absolute Gasteiger partial charge is 0.508 e. The van der Waals surface area contributed by atoms with E-state index in [1.54, 1.807) is 11.8 Å². The fourth-order valence-corrected chi connectivity index (χ4v) is 2.20.